The second-order valence-electron chi connectivity index (χ2n) is 4.51. The van der Waals surface area contributed by atoms with E-state index in [1.54, 1.807) is 0 Å². The van der Waals surface area contributed by atoms with Gasteiger partial charge in [-0.15, -0.1) is 0 Å². The number of aromatic nitrogens is 2. The maximum absolute atomic E-state index is 5.49. The van der Waals surface area contributed by atoms with Gasteiger partial charge in [0, 0.05) is 0 Å². The van der Waals surface area contributed by atoms with Crippen LogP contribution in [0.25, 0.3) is 0 Å². The molecular formula is C11H19N3O3. The van der Waals surface area contributed by atoms with Crippen molar-refractivity contribution in [1.82, 2.24) is 15.5 Å². The van der Waals surface area contributed by atoms with E-state index in [2.05, 4.69) is 29.3 Å². The van der Waals surface area contributed by atoms with Gasteiger partial charge in [-0.3, -0.25) is 0 Å². The molecule has 6 heteroatoms. The van der Waals surface area contributed by atoms with Gasteiger partial charge in [0.15, 0.2) is 0 Å². The van der Waals surface area contributed by atoms with E-state index in [1.165, 1.54) is 0 Å². The van der Waals surface area contributed by atoms with Gasteiger partial charge in [-0.25, -0.2) is 0 Å². The Morgan fingerprint density at radius 1 is 1.41 bits per heavy atom. The van der Waals surface area contributed by atoms with Crippen LogP contribution in [0.1, 0.15) is 31.7 Å². The molecule has 96 valence electrons. The topological polar surface area (TPSA) is 69.4 Å². The van der Waals surface area contributed by atoms with Crippen LogP contribution in [-0.4, -0.2) is 36.5 Å². The minimum atomic E-state index is -0.189. The summed E-state index contributed by atoms with van der Waals surface area (Å²) in [5.74, 6) is 1.77. The molecule has 1 aromatic rings. The lowest BCUT2D eigenvalue weighted by Gasteiger charge is -2.19. The van der Waals surface area contributed by atoms with Gasteiger partial charge in [0.05, 0.1) is 26.4 Å². The summed E-state index contributed by atoms with van der Waals surface area (Å²) >= 11 is 0. The SMILES string of the molecule is CC(C)CNCc1nc(C2COCCO2)no1. The van der Waals surface area contributed by atoms with Gasteiger partial charge in [0.25, 0.3) is 0 Å². The Labute approximate surface area is 101 Å². The van der Waals surface area contributed by atoms with E-state index in [-0.39, 0.29) is 6.10 Å². The fourth-order valence-electron chi connectivity index (χ4n) is 1.58. The predicted octanol–water partition coefficient (Wildman–Crippen LogP) is 0.903. The Morgan fingerprint density at radius 3 is 3.00 bits per heavy atom. The van der Waals surface area contributed by atoms with Crippen LogP contribution >= 0.6 is 0 Å². The highest BCUT2D eigenvalue weighted by Crippen LogP contribution is 2.17. The molecule has 0 aliphatic carbocycles. The van der Waals surface area contributed by atoms with E-state index in [0.717, 1.165) is 6.54 Å². The Morgan fingerprint density at radius 2 is 2.29 bits per heavy atom. The molecule has 2 rings (SSSR count). The van der Waals surface area contributed by atoms with Crippen molar-refractivity contribution in [1.29, 1.82) is 0 Å². The first-order valence-electron chi connectivity index (χ1n) is 5.98. The lowest BCUT2D eigenvalue weighted by Crippen LogP contribution is -2.23. The molecule has 2 heterocycles. The molecule has 0 spiro atoms. The minimum absolute atomic E-state index is 0.189. The van der Waals surface area contributed by atoms with Crippen molar-refractivity contribution in [3.05, 3.63) is 11.7 Å². The van der Waals surface area contributed by atoms with E-state index in [1.807, 2.05) is 0 Å². The molecule has 1 atom stereocenters. The van der Waals surface area contributed by atoms with E-state index in [4.69, 9.17) is 14.0 Å². The highest BCUT2D eigenvalue weighted by molar-refractivity contribution is 4.92. The molecule has 1 aromatic heterocycles. The third kappa shape index (κ3) is 3.76. The van der Waals surface area contributed by atoms with Gasteiger partial charge in [-0.05, 0) is 12.5 Å². The summed E-state index contributed by atoms with van der Waals surface area (Å²) in [6.07, 6.45) is -0.189. The Hall–Kier alpha value is -0.980. The second kappa shape index (κ2) is 6.09. The average Bonchev–Trinajstić information content (AvgIpc) is 2.78. The minimum Gasteiger partial charge on any atom is -0.376 e. The van der Waals surface area contributed by atoms with E-state index >= 15 is 0 Å². The molecule has 1 aliphatic heterocycles. The molecule has 0 aromatic carbocycles. The summed E-state index contributed by atoms with van der Waals surface area (Å²) in [4.78, 5) is 4.29. The number of nitrogens with one attached hydrogen (secondary N) is 1. The largest absolute Gasteiger partial charge is 0.376 e. The standard InChI is InChI=1S/C11H19N3O3/c1-8(2)5-12-6-10-13-11(14-17-10)9-7-15-3-4-16-9/h8-9,12H,3-7H2,1-2H3. The maximum Gasteiger partial charge on any atom is 0.240 e. The fraction of sp³-hybridized carbons (Fsp3) is 0.818. The molecule has 6 nitrogen and oxygen atoms in total. The van der Waals surface area contributed by atoms with Crippen LogP contribution in [0.15, 0.2) is 4.52 Å². The summed E-state index contributed by atoms with van der Waals surface area (Å²) in [7, 11) is 0. The predicted molar refractivity (Wildman–Crippen MR) is 60.4 cm³/mol. The first-order chi connectivity index (χ1) is 8.25. The lowest BCUT2D eigenvalue weighted by molar-refractivity contribution is -0.0941. The van der Waals surface area contributed by atoms with Gasteiger partial charge >= 0.3 is 0 Å². The summed E-state index contributed by atoms with van der Waals surface area (Å²) in [6.45, 7) is 7.55. The number of hydrogen-bond acceptors (Lipinski definition) is 6. The summed E-state index contributed by atoms with van der Waals surface area (Å²) < 4.78 is 15.9. The van der Waals surface area contributed by atoms with E-state index < -0.39 is 0 Å². The first kappa shape index (κ1) is 12.5. The van der Waals surface area contributed by atoms with Crippen LogP contribution in [-0.2, 0) is 16.0 Å². The van der Waals surface area contributed by atoms with Crippen LogP contribution in [0.4, 0.5) is 0 Å². The highest BCUT2D eigenvalue weighted by atomic mass is 16.6. The van der Waals surface area contributed by atoms with Crippen molar-refractivity contribution in [2.24, 2.45) is 5.92 Å². The number of nitrogens with zero attached hydrogens (tertiary/aromatic N) is 2. The quantitative estimate of drug-likeness (QED) is 0.826. The molecule has 17 heavy (non-hydrogen) atoms. The van der Waals surface area contributed by atoms with Crippen LogP contribution < -0.4 is 5.32 Å². The van der Waals surface area contributed by atoms with Crippen LogP contribution in [0.2, 0.25) is 0 Å². The Kier molecular flexibility index (Phi) is 4.47. The second-order valence-corrected chi connectivity index (χ2v) is 4.51. The summed E-state index contributed by atoms with van der Waals surface area (Å²) in [5, 5.41) is 7.16. The molecule has 1 fully saturated rings. The number of hydrogen-bond donors (Lipinski definition) is 1. The van der Waals surface area contributed by atoms with Crippen molar-refractivity contribution in [2.75, 3.05) is 26.4 Å². The molecule has 1 saturated heterocycles. The zero-order valence-corrected chi connectivity index (χ0v) is 10.3. The van der Waals surface area contributed by atoms with Crippen molar-refractivity contribution in [3.8, 4) is 0 Å². The van der Waals surface area contributed by atoms with Gasteiger partial charge in [0.1, 0.15) is 6.10 Å². The zero-order chi connectivity index (χ0) is 12.1. The third-order valence-electron chi connectivity index (χ3n) is 2.42. The molecule has 0 saturated carbocycles. The molecule has 1 aliphatic rings. The Bertz CT molecular complexity index is 334. The molecular weight excluding hydrogens is 222 g/mol. The summed E-state index contributed by atoms with van der Waals surface area (Å²) in [6, 6.07) is 0. The van der Waals surface area contributed by atoms with Crippen molar-refractivity contribution in [2.45, 2.75) is 26.5 Å². The molecule has 0 bridgehead atoms. The highest BCUT2D eigenvalue weighted by Gasteiger charge is 2.22. The fourth-order valence-corrected chi connectivity index (χ4v) is 1.58. The zero-order valence-electron chi connectivity index (χ0n) is 10.3. The van der Waals surface area contributed by atoms with Gasteiger partial charge in [0.2, 0.25) is 11.7 Å². The van der Waals surface area contributed by atoms with Gasteiger partial charge in [-0.1, -0.05) is 19.0 Å². The number of rotatable bonds is 5. The van der Waals surface area contributed by atoms with Crippen molar-refractivity contribution >= 4 is 0 Å². The third-order valence-corrected chi connectivity index (χ3v) is 2.42. The van der Waals surface area contributed by atoms with Crippen molar-refractivity contribution in [3.63, 3.8) is 0 Å². The maximum atomic E-state index is 5.49. The summed E-state index contributed by atoms with van der Waals surface area (Å²) in [5.41, 5.74) is 0. The van der Waals surface area contributed by atoms with Crippen LogP contribution in [0.3, 0.4) is 0 Å². The van der Waals surface area contributed by atoms with Crippen LogP contribution in [0.5, 0.6) is 0 Å². The Balaban J connectivity index is 1.82. The average molecular weight is 241 g/mol. The first-order valence-corrected chi connectivity index (χ1v) is 5.98. The van der Waals surface area contributed by atoms with E-state index in [9.17, 15) is 0 Å². The molecule has 1 unspecified atom stereocenters. The smallest absolute Gasteiger partial charge is 0.240 e. The molecule has 0 radical (unpaired) electrons. The van der Waals surface area contributed by atoms with Crippen LogP contribution in [0, 0.1) is 5.92 Å². The van der Waals surface area contributed by atoms with Gasteiger partial charge < -0.3 is 19.3 Å². The lowest BCUT2D eigenvalue weighted by atomic mass is 10.2. The molecule has 1 N–H and O–H groups in total. The monoisotopic (exact) mass is 241 g/mol. The normalized spacial score (nSPS) is 21.0. The van der Waals surface area contributed by atoms with E-state index in [0.29, 0.717) is 44.0 Å². The molecule has 0 amide bonds. The van der Waals surface area contributed by atoms with Gasteiger partial charge in [-0.2, -0.15) is 4.98 Å². The number of ether oxygens (including phenoxy) is 2. The van der Waals surface area contributed by atoms with Crippen molar-refractivity contribution < 1.29 is 14.0 Å².